The summed E-state index contributed by atoms with van der Waals surface area (Å²) in [5, 5.41) is 2.40. The second-order valence-electron chi connectivity index (χ2n) is 4.36. The van der Waals surface area contributed by atoms with E-state index in [2.05, 4.69) is 17.5 Å². The maximum absolute atomic E-state index is 11.8. The molecule has 0 saturated carbocycles. The van der Waals surface area contributed by atoms with Crippen LogP contribution in [-0.4, -0.2) is 55.1 Å². The van der Waals surface area contributed by atoms with Crippen LogP contribution < -0.4 is 11.1 Å². The van der Waals surface area contributed by atoms with Crippen molar-refractivity contribution in [1.29, 1.82) is 0 Å². The zero-order valence-electron chi connectivity index (χ0n) is 10.5. The van der Waals surface area contributed by atoms with Crippen molar-refractivity contribution in [1.82, 2.24) is 10.2 Å². The van der Waals surface area contributed by atoms with Gasteiger partial charge in [0.1, 0.15) is 0 Å². The summed E-state index contributed by atoms with van der Waals surface area (Å²) in [6, 6.07) is 0. The van der Waals surface area contributed by atoms with Gasteiger partial charge in [0, 0.05) is 20.2 Å². The van der Waals surface area contributed by atoms with Crippen LogP contribution in [0.4, 0.5) is 0 Å². The molecule has 102 valence electrons. The lowest BCUT2D eigenvalue weighted by Crippen LogP contribution is -2.49. The van der Waals surface area contributed by atoms with Crippen LogP contribution in [0, 0.1) is 5.92 Å². The second-order valence-corrected chi connectivity index (χ2v) is 4.89. The molecule has 0 spiro atoms. The minimum atomic E-state index is -0.652. The van der Waals surface area contributed by atoms with Crippen molar-refractivity contribution >= 4 is 29.0 Å². The van der Waals surface area contributed by atoms with Crippen molar-refractivity contribution in [2.45, 2.75) is 12.8 Å². The highest BCUT2D eigenvalue weighted by Gasteiger charge is 2.27. The van der Waals surface area contributed by atoms with Crippen molar-refractivity contribution in [3.05, 3.63) is 0 Å². The molecule has 18 heavy (non-hydrogen) atoms. The average Bonchev–Trinajstić information content (AvgIpc) is 2.35. The lowest BCUT2D eigenvalue weighted by Gasteiger charge is -2.31. The third-order valence-corrected chi connectivity index (χ3v) is 2.97. The third-order valence-electron chi connectivity index (χ3n) is 2.83. The van der Waals surface area contributed by atoms with Crippen molar-refractivity contribution in [2.24, 2.45) is 11.7 Å². The van der Waals surface area contributed by atoms with Gasteiger partial charge in [0.2, 0.25) is 0 Å². The van der Waals surface area contributed by atoms with E-state index in [-0.39, 0.29) is 11.5 Å². The molecule has 1 unspecified atom stereocenters. The Hall–Kier alpha value is -1.21. The fourth-order valence-electron chi connectivity index (χ4n) is 2.01. The van der Waals surface area contributed by atoms with Gasteiger partial charge in [0.05, 0.1) is 18.1 Å². The molecule has 0 radical (unpaired) electrons. The van der Waals surface area contributed by atoms with E-state index in [9.17, 15) is 9.59 Å². The molecule has 1 aliphatic rings. The Morgan fingerprint density at radius 3 is 2.89 bits per heavy atom. The van der Waals surface area contributed by atoms with Crippen molar-refractivity contribution in [2.75, 3.05) is 33.4 Å². The van der Waals surface area contributed by atoms with Crippen molar-refractivity contribution < 1.29 is 14.3 Å². The number of carbonyl (C=O) groups excluding carboxylic acids is 2. The Morgan fingerprint density at radius 1 is 1.56 bits per heavy atom. The molecule has 1 heterocycles. The topological polar surface area (TPSA) is 84.7 Å². The number of thiocarbonyl (C=S) groups is 1. The molecule has 0 aromatic heterocycles. The van der Waals surface area contributed by atoms with E-state index in [4.69, 9.17) is 10.5 Å². The molecule has 0 bridgehead atoms. The Bertz CT molecular complexity index is 333. The monoisotopic (exact) mass is 273 g/mol. The highest BCUT2D eigenvalue weighted by Crippen LogP contribution is 2.16. The van der Waals surface area contributed by atoms with Crippen molar-refractivity contribution in [3.63, 3.8) is 0 Å². The van der Waals surface area contributed by atoms with Gasteiger partial charge >= 0.3 is 11.8 Å². The number of ether oxygens (including phenoxy) is 1. The van der Waals surface area contributed by atoms with E-state index < -0.39 is 11.8 Å². The van der Waals surface area contributed by atoms with Crippen LogP contribution in [0.2, 0.25) is 0 Å². The SMILES string of the molecule is COCC1CCCN(C(=O)C(=O)NCC(N)=S)C1. The number of carbonyl (C=O) groups is 2. The van der Waals surface area contributed by atoms with Gasteiger partial charge in [0.15, 0.2) is 0 Å². The quantitative estimate of drug-likeness (QED) is 0.521. The summed E-state index contributed by atoms with van der Waals surface area (Å²) >= 11 is 4.63. The standard InChI is InChI=1S/C11H19N3O3S/c1-17-7-8-3-2-4-14(6-8)11(16)10(15)13-5-9(12)18/h8H,2-7H2,1H3,(H2,12,18)(H,13,15). The molecule has 7 heteroatoms. The molecule has 1 rings (SSSR count). The summed E-state index contributed by atoms with van der Waals surface area (Å²) < 4.78 is 5.08. The predicted molar refractivity (Wildman–Crippen MR) is 71.0 cm³/mol. The second kappa shape index (κ2) is 7.27. The first-order valence-electron chi connectivity index (χ1n) is 5.89. The zero-order chi connectivity index (χ0) is 13.5. The van der Waals surface area contributed by atoms with Gasteiger partial charge in [0.25, 0.3) is 0 Å². The van der Waals surface area contributed by atoms with Gasteiger partial charge in [-0.15, -0.1) is 0 Å². The number of methoxy groups -OCH3 is 1. The van der Waals surface area contributed by atoms with Gasteiger partial charge in [-0.25, -0.2) is 0 Å². The first-order valence-corrected chi connectivity index (χ1v) is 6.29. The van der Waals surface area contributed by atoms with Gasteiger partial charge in [-0.05, 0) is 18.8 Å². The van der Waals surface area contributed by atoms with E-state index in [1.165, 1.54) is 0 Å². The number of rotatable bonds is 4. The fraction of sp³-hybridized carbons (Fsp3) is 0.727. The first-order chi connectivity index (χ1) is 8.54. The van der Waals surface area contributed by atoms with Gasteiger partial charge in [-0.1, -0.05) is 12.2 Å². The van der Waals surface area contributed by atoms with Gasteiger partial charge in [-0.2, -0.15) is 0 Å². The molecule has 2 amide bonds. The van der Waals surface area contributed by atoms with Crippen LogP contribution >= 0.6 is 12.2 Å². The molecule has 0 aromatic carbocycles. The van der Waals surface area contributed by atoms with Gasteiger partial charge in [-0.3, -0.25) is 9.59 Å². The lowest BCUT2D eigenvalue weighted by atomic mass is 9.99. The summed E-state index contributed by atoms with van der Waals surface area (Å²) in [5.74, 6) is -0.871. The molecule has 1 aliphatic heterocycles. The molecule has 3 N–H and O–H groups in total. The van der Waals surface area contributed by atoms with E-state index in [0.29, 0.717) is 25.6 Å². The fourth-order valence-corrected chi connectivity index (χ4v) is 2.08. The van der Waals surface area contributed by atoms with E-state index in [1.54, 1.807) is 12.0 Å². The number of hydrogen-bond donors (Lipinski definition) is 2. The molecule has 0 aliphatic carbocycles. The average molecular weight is 273 g/mol. The Labute approximate surface area is 112 Å². The van der Waals surface area contributed by atoms with Gasteiger partial charge < -0.3 is 20.7 Å². The number of hydrogen-bond acceptors (Lipinski definition) is 4. The van der Waals surface area contributed by atoms with E-state index in [0.717, 1.165) is 12.8 Å². The molecule has 1 fully saturated rings. The van der Waals surface area contributed by atoms with E-state index in [1.807, 2.05) is 0 Å². The van der Waals surface area contributed by atoms with Crippen LogP contribution in [0.15, 0.2) is 0 Å². The van der Waals surface area contributed by atoms with Crippen LogP contribution in [-0.2, 0) is 14.3 Å². The molecule has 1 saturated heterocycles. The number of likely N-dealkylation sites (tertiary alicyclic amines) is 1. The predicted octanol–water partition coefficient (Wildman–Crippen LogP) is -0.726. The Balaban J connectivity index is 2.44. The minimum absolute atomic E-state index is 0.0508. The summed E-state index contributed by atoms with van der Waals surface area (Å²) in [6.45, 7) is 1.83. The Morgan fingerprint density at radius 2 is 2.28 bits per heavy atom. The maximum atomic E-state index is 11.8. The highest BCUT2D eigenvalue weighted by molar-refractivity contribution is 7.80. The number of piperidine rings is 1. The molecule has 6 nitrogen and oxygen atoms in total. The van der Waals surface area contributed by atoms with Crippen LogP contribution in [0.25, 0.3) is 0 Å². The van der Waals surface area contributed by atoms with Crippen molar-refractivity contribution in [3.8, 4) is 0 Å². The van der Waals surface area contributed by atoms with Crippen LogP contribution in [0.5, 0.6) is 0 Å². The van der Waals surface area contributed by atoms with Crippen LogP contribution in [0.1, 0.15) is 12.8 Å². The van der Waals surface area contributed by atoms with E-state index >= 15 is 0 Å². The minimum Gasteiger partial charge on any atom is -0.392 e. The van der Waals surface area contributed by atoms with Crippen LogP contribution in [0.3, 0.4) is 0 Å². The number of amides is 2. The first kappa shape index (κ1) is 14.8. The molecular formula is C11H19N3O3S. The molecule has 1 atom stereocenters. The highest BCUT2D eigenvalue weighted by atomic mass is 32.1. The maximum Gasteiger partial charge on any atom is 0.311 e. The summed E-state index contributed by atoms with van der Waals surface area (Å²) in [5.41, 5.74) is 5.26. The summed E-state index contributed by atoms with van der Waals surface area (Å²) in [7, 11) is 1.63. The third kappa shape index (κ3) is 4.58. The number of nitrogens with zero attached hydrogens (tertiary/aromatic N) is 1. The molecular weight excluding hydrogens is 254 g/mol. The molecule has 0 aromatic rings. The normalized spacial score (nSPS) is 19.4. The summed E-state index contributed by atoms with van der Waals surface area (Å²) in [4.78, 5) is 25.1. The lowest BCUT2D eigenvalue weighted by molar-refractivity contribution is -0.147. The largest absolute Gasteiger partial charge is 0.392 e. The zero-order valence-corrected chi connectivity index (χ0v) is 11.3. The Kier molecular flexibility index (Phi) is 6.00. The smallest absolute Gasteiger partial charge is 0.311 e. The number of nitrogens with two attached hydrogens (primary N) is 1. The summed E-state index contributed by atoms with van der Waals surface area (Å²) in [6.07, 6.45) is 1.91. The number of nitrogens with one attached hydrogen (secondary N) is 1.